The Hall–Kier alpha value is -1.50. The molecule has 6 heteroatoms. The van der Waals surface area contributed by atoms with Crippen LogP contribution in [0, 0.1) is 0 Å². The van der Waals surface area contributed by atoms with E-state index >= 15 is 0 Å². The zero-order chi connectivity index (χ0) is 16.1. The van der Waals surface area contributed by atoms with Crippen molar-refractivity contribution in [2.24, 2.45) is 0 Å². The van der Waals surface area contributed by atoms with Gasteiger partial charge in [0.05, 0.1) is 12.4 Å². The van der Waals surface area contributed by atoms with E-state index in [4.69, 9.17) is 9.84 Å². The number of carboxylic acid groups (broad SMARTS) is 1. The van der Waals surface area contributed by atoms with Crippen molar-refractivity contribution in [2.75, 3.05) is 7.11 Å². The van der Waals surface area contributed by atoms with Crippen molar-refractivity contribution in [1.29, 1.82) is 0 Å². The van der Waals surface area contributed by atoms with E-state index in [1.165, 1.54) is 11.8 Å². The van der Waals surface area contributed by atoms with E-state index in [2.05, 4.69) is 15.9 Å². The highest BCUT2D eigenvalue weighted by molar-refractivity contribution is 9.10. The number of rotatable bonds is 6. The normalized spacial score (nSPS) is 13.4. The minimum absolute atomic E-state index is 0.623. The number of aliphatic carboxylic acids is 1. The Morgan fingerprint density at radius 3 is 2.36 bits per heavy atom. The molecule has 0 saturated carbocycles. The highest BCUT2D eigenvalue weighted by Crippen LogP contribution is 2.41. The topological polar surface area (TPSA) is 66.8 Å². The lowest BCUT2D eigenvalue weighted by Crippen LogP contribution is -2.25. The summed E-state index contributed by atoms with van der Waals surface area (Å²) in [4.78, 5) is 12.1. The first kappa shape index (κ1) is 16.9. The van der Waals surface area contributed by atoms with E-state index in [0.29, 0.717) is 5.75 Å². The van der Waals surface area contributed by atoms with E-state index in [-0.39, 0.29) is 0 Å². The Morgan fingerprint density at radius 2 is 1.82 bits per heavy atom. The summed E-state index contributed by atoms with van der Waals surface area (Å²) in [5.41, 5.74) is 0.719. The highest BCUT2D eigenvalue weighted by atomic mass is 79.9. The number of hydrogen-bond acceptors (Lipinski definition) is 4. The standard InChI is InChI=1S/C16H15BrO4S/c1-21-11-8-6-10(7-9-11)15(14(18)16(19)20)22-13-5-3-2-4-12(13)17/h2-9,14-15,18H,1H3,(H,19,20)/t14-,15+/m1/s1. The number of ether oxygens (including phenoxy) is 1. The average Bonchev–Trinajstić information content (AvgIpc) is 2.53. The van der Waals surface area contributed by atoms with E-state index in [1.807, 2.05) is 24.3 Å². The molecule has 0 aliphatic carbocycles. The average molecular weight is 383 g/mol. The lowest BCUT2D eigenvalue weighted by molar-refractivity contribution is -0.146. The minimum Gasteiger partial charge on any atom is -0.497 e. The lowest BCUT2D eigenvalue weighted by atomic mass is 10.1. The summed E-state index contributed by atoms with van der Waals surface area (Å²) in [7, 11) is 1.56. The Balaban J connectivity index is 2.33. The van der Waals surface area contributed by atoms with E-state index in [0.717, 1.165) is 14.9 Å². The third-order valence-corrected chi connectivity index (χ3v) is 5.42. The Bertz CT molecular complexity index is 645. The lowest BCUT2D eigenvalue weighted by Gasteiger charge is -2.21. The van der Waals surface area contributed by atoms with Gasteiger partial charge < -0.3 is 14.9 Å². The molecule has 0 spiro atoms. The first-order valence-corrected chi connectivity index (χ1v) is 8.16. The molecule has 0 bridgehead atoms. The number of halogens is 1. The van der Waals surface area contributed by atoms with E-state index < -0.39 is 17.3 Å². The second-order valence-corrected chi connectivity index (χ2v) is 6.56. The Kier molecular flexibility index (Phi) is 5.88. The maximum absolute atomic E-state index is 11.2. The van der Waals surface area contributed by atoms with Gasteiger partial charge in [-0.1, -0.05) is 24.3 Å². The fraction of sp³-hybridized carbons (Fsp3) is 0.188. The van der Waals surface area contributed by atoms with Gasteiger partial charge in [0, 0.05) is 9.37 Å². The van der Waals surface area contributed by atoms with Crippen molar-refractivity contribution >= 4 is 33.7 Å². The molecule has 22 heavy (non-hydrogen) atoms. The predicted molar refractivity (Wildman–Crippen MR) is 89.4 cm³/mol. The number of carboxylic acids is 1. The molecule has 2 atom stereocenters. The van der Waals surface area contributed by atoms with Gasteiger partial charge in [0.1, 0.15) is 5.75 Å². The van der Waals surface area contributed by atoms with Crippen molar-refractivity contribution in [3.63, 3.8) is 0 Å². The minimum atomic E-state index is -1.51. The van der Waals surface area contributed by atoms with Gasteiger partial charge in [0.25, 0.3) is 0 Å². The Labute approximate surface area is 141 Å². The maximum Gasteiger partial charge on any atom is 0.334 e. The molecule has 0 aliphatic rings. The maximum atomic E-state index is 11.2. The second kappa shape index (κ2) is 7.67. The summed E-state index contributed by atoms with van der Waals surface area (Å²) in [6.07, 6.45) is -1.51. The molecule has 0 aliphatic heterocycles. The molecule has 116 valence electrons. The van der Waals surface area contributed by atoms with Crippen LogP contribution in [0.15, 0.2) is 57.9 Å². The van der Waals surface area contributed by atoms with Gasteiger partial charge in [-0.2, -0.15) is 0 Å². The molecule has 0 aromatic heterocycles. The number of benzene rings is 2. The van der Waals surface area contributed by atoms with E-state index in [9.17, 15) is 9.90 Å². The third-order valence-electron chi connectivity index (χ3n) is 3.07. The summed E-state index contributed by atoms with van der Waals surface area (Å²) < 4.78 is 5.96. The SMILES string of the molecule is COc1ccc([C@H](Sc2ccccc2Br)[C@@H](O)C(=O)O)cc1. The molecule has 2 rings (SSSR count). The van der Waals surface area contributed by atoms with Crippen LogP contribution in [-0.2, 0) is 4.79 Å². The molecule has 2 N–H and O–H groups in total. The Morgan fingerprint density at radius 1 is 1.18 bits per heavy atom. The van der Waals surface area contributed by atoms with Crippen LogP contribution < -0.4 is 4.74 Å². The first-order valence-electron chi connectivity index (χ1n) is 6.49. The van der Waals surface area contributed by atoms with Crippen LogP contribution in [0.2, 0.25) is 0 Å². The number of hydrogen-bond donors (Lipinski definition) is 2. The summed E-state index contributed by atoms with van der Waals surface area (Å²) in [5, 5.41) is 18.6. The molecular formula is C16H15BrO4S. The third kappa shape index (κ3) is 4.03. The van der Waals surface area contributed by atoms with Crippen molar-refractivity contribution in [3.8, 4) is 5.75 Å². The number of methoxy groups -OCH3 is 1. The summed E-state index contributed by atoms with van der Waals surface area (Å²) in [5.74, 6) is -0.571. The molecule has 0 heterocycles. The molecule has 0 unspecified atom stereocenters. The fourth-order valence-electron chi connectivity index (χ4n) is 1.91. The molecule has 0 fully saturated rings. The van der Waals surface area contributed by atoms with Crippen molar-refractivity contribution in [2.45, 2.75) is 16.2 Å². The molecule has 0 amide bonds. The monoisotopic (exact) mass is 382 g/mol. The van der Waals surface area contributed by atoms with Crippen LogP contribution >= 0.6 is 27.7 Å². The molecule has 2 aromatic rings. The molecule has 0 radical (unpaired) electrons. The number of carbonyl (C=O) groups is 1. The quantitative estimate of drug-likeness (QED) is 0.744. The van der Waals surface area contributed by atoms with E-state index in [1.54, 1.807) is 31.4 Å². The molecule has 2 aromatic carbocycles. The van der Waals surface area contributed by atoms with Crippen molar-refractivity contribution in [3.05, 3.63) is 58.6 Å². The van der Waals surface area contributed by atoms with Gasteiger partial charge in [-0.15, -0.1) is 11.8 Å². The largest absolute Gasteiger partial charge is 0.497 e. The zero-order valence-electron chi connectivity index (χ0n) is 11.8. The molecule has 4 nitrogen and oxygen atoms in total. The van der Waals surface area contributed by atoms with Crippen LogP contribution in [0.5, 0.6) is 5.75 Å². The van der Waals surface area contributed by atoms with Gasteiger partial charge in [-0.25, -0.2) is 4.79 Å². The van der Waals surface area contributed by atoms with Crippen LogP contribution in [0.25, 0.3) is 0 Å². The van der Waals surface area contributed by atoms with Gasteiger partial charge in [-0.05, 0) is 45.8 Å². The van der Waals surface area contributed by atoms with Crippen LogP contribution in [0.3, 0.4) is 0 Å². The fourth-order valence-corrected chi connectivity index (χ4v) is 3.63. The molecular weight excluding hydrogens is 368 g/mol. The van der Waals surface area contributed by atoms with Crippen LogP contribution in [0.4, 0.5) is 0 Å². The van der Waals surface area contributed by atoms with Gasteiger partial charge in [-0.3, -0.25) is 0 Å². The highest BCUT2D eigenvalue weighted by Gasteiger charge is 2.28. The second-order valence-electron chi connectivity index (χ2n) is 4.53. The van der Waals surface area contributed by atoms with Gasteiger partial charge >= 0.3 is 5.97 Å². The number of aliphatic hydroxyl groups is 1. The van der Waals surface area contributed by atoms with Crippen LogP contribution in [-0.4, -0.2) is 29.4 Å². The summed E-state index contributed by atoms with van der Waals surface area (Å²) in [6, 6.07) is 14.5. The van der Waals surface area contributed by atoms with Gasteiger partial charge in [0.2, 0.25) is 0 Å². The number of aliphatic hydroxyl groups excluding tert-OH is 1. The number of thioether (sulfide) groups is 1. The molecule has 0 saturated heterocycles. The van der Waals surface area contributed by atoms with Gasteiger partial charge in [0.15, 0.2) is 6.10 Å². The van der Waals surface area contributed by atoms with Crippen molar-refractivity contribution in [1.82, 2.24) is 0 Å². The predicted octanol–water partition coefficient (Wildman–Crippen LogP) is 3.74. The smallest absolute Gasteiger partial charge is 0.334 e. The summed E-state index contributed by atoms with van der Waals surface area (Å²) >= 11 is 4.74. The first-order chi connectivity index (χ1) is 10.5. The van der Waals surface area contributed by atoms with Crippen LogP contribution in [0.1, 0.15) is 10.8 Å². The summed E-state index contributed by atoms with van der Waals surface area (Å²) in [6.45, 7) is 0. The zero-order valence-corrected chi connectivity index (χ0v) is 14.2. The van der Waals surface area contributed by atoms with Crippen molar-refractivity contribution < 1.29 is 19.7 Å².